The van der Waals surface area contributed by atoms with Crippen molar-refractivity contribution in [3.05, 3.63) is 0 Å². The van der Waals surface area contributed by atoms with E-state index in [1.807, 2.05) is 25.7 Å². The molecule has 0 saturated carbocycles. The molecule has 1 saturated heterocycles. The number of carboxylic acid groups (broad SMARTS) is 1. The van der Waals surface area contributed by atoms with Crippen LogP contribution in [0.15, 0.2) is 0 Å². The van der Waals surface area contributed by atoms with E-state index in [0.717, 1.165) is 32.7 Å². The Bertz CT molecular complexity index is 866. The molecule has 1 unspecified atom stereocenters. The normalized spacial score (nSPS) is 19.4. The van der Waals surface area contributed by atoms with Crippen LogP contribution >= 0.6 is 0 Å². The summed E-state index contributed by atoms with van der Waals surface area (Å²) < 4.78 is 11.3. The van der Waals surface area contributed by atoms with Crippen LogP contribution < -0.4 is 0 Å². The van der Waals surface area contributed by atoms with Gasteiger partial charge in [0.25, 0.3) is 0 Å². The van der Waals surface area contributed by atoms with Gasteiger partial charge in [0, 0.05) is 65.4 Å². The summed E-state index contributed by atoms with van der Waals surface area (Å²) in [6.45, 7) is 31.5. The summed E-state index contributed by atoms with van der Waals surface area (Å²) in [4.78, 5) is 47.0. The second kappa shape index (κ2) is 15.8. The monoisotopic (exact) mass is 598 g/mol. The topological polar surface area (TPSA) is 103 Å². The van der Waals surface area contributed by atoms with Gasteiger partial charge in [0.05, 0.1) is 13.0 Å². The summed E-state index contributed by atoms with van der Waals surface area (Å²) in [5.41, 5.74) is -1.13. The fourth-order valence-corrected chi connectivity index (χ4v) is 5.13. The summed E-state index contributed by atoms with van der Waals surface area (Å²) in [7, 11) is 0. The van der Waals surface area contributed by atoms with Crippen LogP contribution in [0.3, 0.4) is 0 Å². The summed E-state index contributed by atoms with van der Waals surface area (Å²) in [5, 5.41) is 9.75. The first-order chi connectivity index (χ1) is 18.9. The number of esters is 2. The Kier molecular flexibility index (Phi) is 14.4. The molecule has 0 aliphatic carbocycles. The SMILES string of the molecule is CC(C)(C)CN1CCN(CC(=O)OC(C)(C)C)CCN(C(CC(=O)O)C(=O)OC(C)(C)C)CCN(CC(C)(C)C)CC1. The van der Waals surface area contributed by atoms with Crippen LogP contribution in [0.2, 0.25) is 0 Å². The van der Waals surface area contributed by atoms with Crippen molar-refractivity contribution in [2.45, 2.75) is 107 Å². The number of rotatable bonds is 8. The largest absolute Gasteiger partial charge is 0.481 e. The number of carboxylic acids is 1. The molecule has 10 nitrogen and oxygen atoms in total. The minimum Gasteiger partial charge on any atom is -0.481 e. The number of aliphatic carboxylic acids is 1. The van der Waals surface area contributed by atoms with Gasteiger partial charge in [-0.2, -0.15) is 0 Å². The highest BCUT2D eigenvalue weighted by Gasteiger charge is 2.34. The average Bonchev–Trinajstić information content (AvgIpc) is 2.73. The maximum absolute atomic E-state index is 13.3. The second-order valence-electron chi connectivity index (χ2n) is 16.2. The third kappa shape index (κ3) is 18.0. The summed E-state index contributed by atoms with van der Waals surface area (Å²) in [5.74, 6) is -1.88. The van der Waals surface area contributed by atoms with Crippen LogP contribution in [0.5, 0.6) is 0 Å². The van der Waals surface area contributed by atoms with Gasteiger partial charge in [-0.25, -0.2) is 0 Å². The van der Waals surface area contributed by atoms with Gasteiger partial charge in [0.2, 0.25) is 0 Å². The molecule has 1 N–H and O–H groups in total. The number of nitrogens with zero attached hydrogens (tertiary/aromatic N) is 4. The van der Waals surface area contributed by atoms with Gasteiger partial charge in [0.15, 0.2) is 0 Å². The number of carbonyl (C=O) groups is 3. The van der Waals surface area contributed by atoms with Crippen LogP contribution in [-0.4, -0.2) is 132 Å². The predicted molar refractivity (Wildman–Crippen MR) is 168 cm³/mol. The molecule has 246 valence electrons. The van der Waals surface area contributed by atoms with Gasteiger partial charge >= 0.3 is 17.9 Å². The van der Waals surface area contributed by atoms with E-state index in [1.165, 1.54) is 0 Å². The van der Waals surface area contributed by atoms with Gasteiger partial charge < -0.3 is 24.4 Å². The van der Waals surface area contributed by atoms with Crippen molar-refractivity contribution >= 4 is 17.9 Å². The molecule has 1 rings (SSSR count). The molecule has 1 fully saturated rings. The highest BCUT2D eigenvalue weighted by Crippen LogP contribution is 2.20. The standard InChI is InChI=1S/C32H62N4O6/c1-29(2,3)23-34-14-13-33(22-27(39)41-31(7,8)9)17-19-36(20-18-35(16-15-34)24-30(4,5)6)25(21-26(37)38)28(40)42-32(10,11)12/h25H,13-24H2,1-12H3,(H,37,38). The smallest absolute Gasteiger partial charge is 0.324 e. The van der Waals surface area contributed by atoms with Crippen molar-refractivity contribution in [2.24, 2.45) is 10.8 Å². The molecule has 1 aliphatic rings. The average molecular weight is 599 g/mol. The molecule has 0 spiro atoms. The molecule has 42 heavy (non-hydrogen) atoms. The summed E-state index contributed by atoms with van der Waals surface area (Å²) >= 11 is 0. The lowest BCUT2D eigenvalue weighted by molar-refractivity contribution is -0.165. The van der Waals surface area contributed by atoms with Gasteiger partial charge in [-0.15, -0.1) is 0 Å². The minimum absolute atomic E-state index is 0.0760. The molecule has 1 aliphatic heterocycles. The Morgan fingerprint density at radius 2 is 1.00 bits per heavy atom. The molecular weight excluding hydrogens is 536 g/mol. The maximum Gasteiger partial charge on any atom is 0.324 e. The zero-order chi connectivity index (χ0) is 32.5. The van der Waals surface area contributed by atoms with E-state index >= 15 is 0 Å². The molecule has 1 heterocycles. The third-order valence-electron chi connectivity index (χ3n) is 6.53. The van der Waals surface area contributed by atoms with Crippen LogP contribution in [0, 0.1) is 10.8 Å². The zero-order valence-electron chi connectivity index (χ0n) is 28.8. The van der Waals surface area contributed by atoms with Crippen molar-refractivity contribution in [2.75, 3.05) is 72.0 Å². The predicted octanol–water partition coefficient (Wildman–Crippen LogP) is 3.83. The fraction of sp³-hybridized carbons (Fsp3) is 0.906. The maximum atomic E-state index is 13.3. The summed E-state index contributed by atoms with van der Waals surface area (Å²) in [6, 6.07) is -0.929. The first kappa shape index (κ1) is 38.3. The van der Waals surface area contributed by atoms with Crippen molar-refractivity contribution in [1.29, 1.82) is 0 Å². The number of carbonyl (C=O) groups excluding carboxylic acids is 2. The number of hydrogen-bond acceptors (Lipinski definition) is 9. The number of ether oxygens (including phenoxy) is 2. The zero-order valence-corrected chi connectivity index (χ0v) is 28.8. The molecule has 1 atom stereocenters. The van der Waals surface area contributed by atoms with E-state index in [1.54, 1.807) is 20.8 Å². The van der Waals surface area contributed by atoms with E-state index in [9.17, 15) is 19.5 Å². The van der Waals surface area contributed by atoms with Crippen molar-refractivity contribution in [1.82, 2.24) is 19.6 Å². The van der Waals surface area contributed by atoms with Gasteiger partial charge in [0.1, 0.15) is 17.2 Å². The number of hydrogen-bond donors (Lipinski definition) is 1. The molecule has 0 aromatic carbocycles. The first-order valence-electron chi connectivity index (χ1n) is 15.5. The van der Waals surface area contributed by atoms with Gasteiger partial charge in [-0.1, -0.05) is 41.5 Å². The molecule has 0 aromatic heterocycles. The molecular formula is C32H62N4O6. The Hall–Kier alpha value is -1.75. The van der Waals surface area contributed by atoms with Gasteiger partial charge in [-0.3, -0.25) is 24.2 Å². The molecule has 10 heteroatoms. The Morgan fingerprint density at radius 3 is 1.38 bits per heavy atom. The quantitative estimate of drug-likeness (QED) is 0.415. The highest BCUT2D eigenvalue weighted by molar-refractivity contribution is 5.82. The van der Waals surface area contributed by atoms with E-state index in [-0.39, 0.29) is 29.8 Å². The molecule has 0 bridgehead atoms. The molecule has 0 radical (unpaired) electrons. The third-order valence-corrected chi connectivity index (χ3v) is 6.53. The fourth-order valence-electron chi connectivity index (χ4n) is 5.13. The Morgan fingerprint density at radius 1 is 0.619 bits per heavy atom. The van der Waals surface area contributed by atoms with Crippen LogP contribution in [0.4, 0.5) is 0 Å². The Balaban J connectivity index is 3.39. The van der Waals surface area contributed by atoms with E-state index in [4.69, 9.17) is 9.47 Å². The van der Waals surface area contributed by atoms with E-state index in [0.29, 0.717) is 32.7 Å². The summed E-state index contributed by atoms with van der Waals surface area (Å²) in [6.07, 6.45) is -0.348. The van der Waals surface area contributed by atoms with E-state index in [2.05, 4.69) is 56.2 Å². The van der Waals surface area contributed by atoms with Gasteiger partial charge in [-0.05, 0) is 52.4 Å². The van der Waals surface area contributed by atoms with Crippen molar-refractivity contribution in [3.8, 4) is 0 Å². The lowest BCUT2D eigenvalue weighted by atomic mass is 9.95. The van der Waals surface area contributed by atoms with Crippen LogP contribution in [0.1, 0.15) is 89.5 Å². The van der Waals surface area contributed by atoms with Crippen LogP contribution in [-0.2, 0) is 23.9 Å². The van der Waals surface area contributed by atoms with Crippen molar-refractivity contribution in [3.63, 3.8) is 0 Å². The first-order valence-corrected chi connectivity index (χ1v) is 15.5. The lowest BCUT2D eigenvalue weighted by Crippen LogP contribution is -2.53. The minimum atomic E-state index is -1.05. The lowest BCUT2D eigenvalue weighted by Gasteiger charge is -2.39. The highest BCUT2D eigenvalue weighted by atomic mass is 16.6. The Labute approximate surface area is 256 Å². The van der Waals surface area contributed by atoms with E-state index < -0.39 is 29.2 Å². The molecule has 0 amide bonds. The van der Waals surface area contributed by atoms with Crippen LogP contribution in [0.25, 0.3) is 0 Å². The molecule has 0 aromatic rings. The van der Waals surface area contributed by atoms with Crippen molar-refractivity contribution < 1.29 is 29.0 Å². The second-order valence-corrected chi connectivity index (χ2v) is 16.2.